The fraction of sp³-hybridized carbons (Fsp3) is 0.526. The molecule has 27 heavy (non-hydrogen) atoms. The van der Waals surface area contributed by atoms with E-state index in [1.165, 1.54) is 0 Å². The maximum absolute atomic E-state index is 11.9. The lowest BCUT2D eigenvalue weighted by molar-refractivity contribution is -0.150. The molecule has 1 saturated carbocycles. The molecule has 148 valence electrons. The minimum atomic E-state index is -0.708. The van der Waals surface area contributed by atoms with E-state index in [1.807, 2.05) is 0 Å². The molecular formula is C19H25ClN2O5. The summed E-state index contributed by atoms with van der Waals surface area (Å²) in [6.07, 6.45) is 4.18. The van der Waals surface area contributed by atoms with E-state index >= 15 is 0 Å². The van der Waals surface area contributed by atoms with Gasteiger partial charge in [0.1, 0.15) is 5.75 Å². The molecule has 2 N–H and O–H groups in total. The molecule has 8 heteroatoms. The van der Waals surface area contributed by atoms with Crippen molar-refractivity contribution in [2.45, 2.75) is 45.6 Å². The minimum Gasteiger partial charge on any atom is -0.482 e. The van der Waals surface area contributed by atoms with E-state index in [2.05, 4.69) is 17.6 Å². The summed E-state index contributed by atoms with van der Waals surface area (Å²) in [5, 5.41) is 5.54. The largest absolute Gasteiger partial charge is 0.482 e. The first kappa shape index (κ1) is 21.0. The number of hydrogen-bond acceptors (Lipinski definition) is 5. The van der Waals surface area contributed by atoms with Gasteiger partial charge >= 0.3 is 12.0 Å². The predicted molar refractivity (Wildman–Crippen MR) is 101 cm³/mol. The third-order valence-corrected chi connectivity index (χ3v) is 4.76. The normalized spacial score (nSPS) is 19.1. The molecule has 1 aromatic carbocycles. The van der Waals surface area contributed by atoms with Crippen molar-refractivity contribution in [3.05, 3.63) is 28.8 Å². The first-order valence-corrected chi connectivity index (χ1v) is 9.38. The molecule has 2 rings (SSSR count). The van der Waals surface area contributed by atoms with Crippen LogP contribution in [0.4, 0.5) is 4.79 Å². The highest BCUT2D eigenvalue weighted by molar-refractivity contribution is 6.30. The van der Waals surface area contributed by atoms with Gasteiger partial charge < -0.3 is 14.8 Å². The van der Waals surface area contributed by atoms with Gasteiger partial charge in [0.15, 0.2) is 13.2 Å². The molecule has 0 unspecified atom stereocenters. The summed E-state index contributed by atoms with van der Waals surface area (Å²) in [6.45, 7) is 2.98. The number of carbonyl (C=O) groups excluding carboxylic acids is 3. The Bertz CT molecular complexity index is 695. The Kier molecular flexibility index (Phi) is 7.91. The number of benzene rings is 1. The SMILES string of the molecule is Cc1cc(Cl)ccc1OCC(=O)OCC(=O)NC(=O)N[C@@H]1CCCC[C@H]1C. The van der Waals surface area contributed by atoms with Crippen LogP contribution in [0.1, 0.15) is 38.2 Å². The van der Waals surface area contributed by atoms with Crippen LogP contribution in [0.25, 0.3) is 0 Å². The maximum atomic E-state index is 11.9. The molecule has 1 aromatic rings. The summed E-state index contributed by atoms with van der Waals surface area (Å²) >= 11 is 5.85. The number of esters is 1. The molecule has 7 nitrogen and oxygen atoms in total. The van der Waals surface area contributed by atoms with Crippen molar-refractivity contribution in [2.75, 3.05) is 13.2 Å². The highest BCUT2D eigenvalue weighted by Gasteiger charge is 2.23. The molecule has 0 heterocycles. The van der Waals surface area contributed by atoms with Crippen LogP contribution in [-0.2, 0) is 14.3 Å². The Balaban J connectivity index is 1.66. The number of halogens is 1. The third-order valence-electron chi connectivity index (χ3n) is 4.53. The van der Waals surface area contributed by atoms with Crippen molar-refractivity contribution < 1.29 is 23.9 Å². The lowest BCUT2D eigenvalue weighted by Crippen LogP contribution is -2.48. The molecule has 0 bridgehead atoms. The predicted octanol–water partition coefficient (Wildman–Crippen LogP) is 2.97. The van der Waals surface area contributed by atoms with E-state index in [1.54, 1.807) is 25.1 Å². The standard InChI is InChI=1S/C19H25ClN2O5/c1-12-5-3-4-6-15(12)21-19(25)22-17(23)10-27-18(24)11-26-16-8-7-14(20)9-13(16)2/h7-9,12,15H,3-6,10-11H2,1-2H3,(H2,21,22,23,25)/t12-,15-/m1/s1. The quantitative estimate of drug-likeness (QED) is 0.721. The van der Waals surface area contributed by atoms with Crippen LogP contribution in [0, 0.1) is 12.8 Å². The van der Waals surface area contributed by atoms with E-state index in [0.717, 1.165) is 31.2 Å². The molecule has 1 aliphatic rings. The van der Waals surface area contributed by atoms with Crippen LogP contribution in [-0.4, -0.2) is 37.2 Å². The number of nitrogens with one attached hydrogen (secondary N) is 2. The Morgan fingerprint density at radius 1 is 1.19 bits per heavy atom. The smallest absolute Gasteiger partial charge is 0.344 e. The fourth-order valence-corrected chi connectivity index (χ4v) is 3.22. The minimum absolute atomic E-state index is 0.0603. The van der Waals surface area contributed by atoms with Crippen LogP contribution in [0.3, 0.4) is 0 Å². The highest BCUT2D eigenvalue weighted by Crippen LogP contribution is 2.23. The number of urea groups is 1. The van der Waals surface area contributed by atoms with E-state index < -0.39 is 24.5 Å². The van der Waals surface area contributed by atoms with Crippen LogP contribution >= 0.6 is 11.6 Å². The van der Waals surface area contributed by atoms with Crippen LogP contribution in [0.5, 0.6) is 5.75 Å². The second-order valence-corrected chi connectivity index (χ2v) is 7.19. The van der Waals surface area contributed by atoms with Gasteiger partial charge in [0.05, 0.1) is 0 Å². The van der Waals surface area contributed by atoms with E-state index in [-0.39, 0.29) is 12.6 Å². The summed E-state index contributed by atoms with van der Waals surface area (Å²) in [5.41, 5.74) is 0.779. The van der Waals surface area contributed by atoms with Gasteiger partial charge in [0, 0.05) is 11.1 Å². The number of carbonyl (C=O) groups is 3. The summed E-state index contributed by atoms with van der Waals surface area (Å²) in [4.78, 5) is 35.3. The molecule has 0 spiro atoms. The molecule has 0 radical (unpaired) electrons. The average Bonchev–Trinajstić information content (AvgIpc) is 2.61. The second kappa shape index (κ2) is 10.2. The lowest BCUT2D eigenvalue weighted by atomic mass is 9.86. The molecule has 0 saturated heterocycles. The highest BCUT2D eigenvalue weighted by atomic mass is 35.5. The molecule has 0 aliphatic heterocycles. The monoisotopic (exact) mass is 396 g/mol. The lowest BCUT2D eigenvalue weighted by Gasteiger charge is -2.29. The second-order valence-electron chi connectivity index (χ2n) is 6.75. The summed E-state index contributed by atoms with van der Waals surface area (Å²) in [5.74, 6) is -0.513. The molecular weight excluding hydrogens is 372 g/mol. The van der Waals surface area contributed by atoms with Gasteiger partial charge in [0.25, 0.3) is 5.91 Å². The molecule has 0 aromatic heterocycles. The van der Waals surface area contributed by atoms with Crippen LogP contribution < -0.4 is 15.4 Å². The van der Waals surface area contributed by atoms with Gasteiger partial charge in [-0.3, -0.25) is 10.1 Å². The number of rotatable bonds is 6. The van der Waals surface area contributed by atoms with Gasteiger partial charge in [0.2, 0.25) is 0 Å². The fourth-order valence-electron chi connectivity index (χ4n) is 3.00. The number of imide groups is 1. The topological polar surface area (TPSA) is 93.7 Å². The van der Waals surface area contributed by atoms with E-state index in [0.29, 0.717) is 16.7 Å². The zero-order valence-electron chi connectivity index (χ0n) is 15.5. The number of hydrogen-bond donors (Lipinski definition) is 2. The zero-order valence-corrected chi connectivity index (χ0v) is 16.3. The van der Waals surface area contributed by atoms with Gasteiger partial charge in [-0.1, -0.05) is 31.4 Å². The summed E-state index contributed by atoms with van der Waals surface area (Å²) in [6, 6.07) is 4.50. The van der Waals surface area contributed by atoms with E-state index in [4.69, 9.17) is 21.1 Å². The first-order valence-electron chi connectivity index (χ1n) is 9.00. The van der Waals surface area contributed by atoms with Crippen molar-refractivity contribution in [3.8, 4) is 5.75 Å². The van der Waals surface area contributed by atoms with Crippen LogP contribution in [0.2, 0.25) is 5.02 Å². The van der Waals surface area contributed by atoms with Gasteiger partial charge in [-0.15, -0.1) is 0 Å². The summed E-state index contributed by atoms with van der Waals surface area (Å²) in [7, 11) is 0. The Morgan fingerprint density at radius 2 is 1.93 bits per heavy atom. The van der Waals surface area contributed by atoms with Gasteiger partial charge in [-0.25, -0.2) is 9.59 Å². The molecule has 1 aliphatic carbocycles. The molecule has 1 fully saturated rings. The van der Waals surface area contributed by atoms with Crippen molar-refractivity contribution in [1.82, 2.24) is 10.6 Å². The molecule has 2 atom stereocenters. The molecule has 3 amide bonds. The number of ether oxygens (including phenoxy) is 2. The Labute approximate surface area is 163 Å². The summed E-state index contributed by atoms with van der Waals surface area (Å²) < 4.78 is 10.2. The Morgan fingerprint density at radius 3 is 2.63 bits per heavy atom. The zero-order chi connectivity index (χ0) is 19.8. The first-order chi connectivity index (χ1) is 12.8. The van der Waals surface area contributed by atoms with Crippen LogP contribution in [0.15, 0.2) is 18.2 Å². The van der Waals surface area contributed by atoms with E-state index in [9.17, 15) is 14.4 Å². The van der Waals surface area contributed by atoms with Gasteiger partial charge in [-0.05, 0) is 49.4 Å². The van der Waals surface area contributed by atoms with Crippen molar-refractivity contribution >= 4 is 29.5 Å². The number of aryl methyl sites for hydroxylation is 1. The third kappa shape index (κ3) is 7.09. The number of amides is 3. The van der Waals surface area contributed by atoms with Gasteiger partial charge in [-0.2, -0.15) is 0 Å². The maximum Gasteiger partial charge on any atom is 0.344 e. The van der Waals surface area contributed by atoms with Crippen molar-refractivity contribution in [1.29, 1.82) is 0 Å². The van der Waals surface area contributed by atoms with Crippen molar-refractivity contribution in [2.24, 2.45) is 5.92 Å². The Hall–Kier alpha value is -2.28. The van der Waals surface area contributed by atoms with Crippen molar-refractivity contribution in [3.63, 3.8) is 0 Å². The average molecular weight is 397 g/mol.